The van der Waals surface area contributed by atoms with Crippen LogP contribution >= 0.6 is 0 Å². The highest BCUT2D eigenvalue weighted by Gasteiger charge is 2.33. The first kappa shape index (κ1) is 14.4. The third-order valence-electron chi connectivity index (χ3n) is 3.93. The summed E-state index contributed by atoms with van der Waals surface area (Å²) in [7, 11) is 2.03. The number of rotatable bonds is 6. The second-order valence-electron chi connectivity index (χ2n) is 5.04. The Morgan fingerprint density at radius 3 is 2.95 bits per heavy atom. The van der Waals surface area contributed by atoms with E-state index in [2.05, 4.69) is 30.4 Å². The van der Waals surface area contributed by atoms with E-state index >= 15 is 0 Å². The van der Waals surface area contributed by atoms with Gasteiger partial charge in [0.05, 0.1) is 12.7 Å². The fourth-order valence-corrected chi connectivity index (χ4v) is 3.06. The second-order valence-corrected chi connectivity index (χ2v) is 5.04. The first-order chi connectivity index (χ1) is 9.30. The van der Waals surface area contributed by atoms with E-state index in [0.717, 1.165) is 25.2 Å². The summed E-state index contributed by atoms with van der Waals surface area (Å²) in [5, 5.41) is 3.46. The Bertz CT molecular complexity index is 394. The molecular formula is C16H25NO2. The van der Waals surface area contributed by atoms with Gasteiger partial charge in [-0.2, -0.15) is 0 Å². The minimum atomic E-state index is 0.341. The second kappa shape index (κ2) is 6.92. The molecular weight excluding hydrogens is 238 g/mol. The third-order valence-corrected chi connectivity index (χ3v) is 3.93. The smallest absolute Gasteiger partial charge is 0.119 e. The Labute approximate surface area is 116 Å². The summed E-state index contributed by atoms with van der Waals surface area (Å²) >= 11 is 0. The van der Waals surface area contributed by atoms with Crippen molar-refractivity contribution in [3.63, 3.8) is 0 Å². The zero-order valence-corrected chi connectivity index (χ0v) is 12.2. The molecule has 0 radical (unpaired) electrons. The van der Waals surface area contributed by atoms with Crippen molar-refractivity contribution in [3.05, 3.63) is 29.8 Å². The van der Waals surface area contributed by atoms with Crippen molar-refractivity contribution in [2.24, 2.45) is 5.92 Å². The Kier molecular flexibility index (Phi) is 5.23. The van der Waals surface area contributed by atoms with Crippen LogP contribution in [0.15, 0.2) is 24.3 Å². The van der Waals surface area contributed by atoms with Gasteiger partial charge in [0, 0.05) is 18.6 Å². The zero-order valence-electron chi connectivity index (χ0n) is 12.2. The first-order valence-electron chi connectivity index (χ1n) is 7.31. The highest BCUT2D eigenvalue weighted by atomic mass is 16.5. The van der Waals surface area contributed by atoms with Gasteiger partial charge in [0.15, 0.2) is 0 Å². The van der Waals surface area contributed by atoms with Crippen LogP contribution < -0.4 is 10.1 Å². The lowest BCUT2D eigenvalue weighted by Gasteiger charge is -2.27. The monoisotopic (exact) mass is 263 g/mol. The van der Waals surface area contributed by atoms with Gasteiger partial charge in [0.2, 0.25) is 0 Å². The van der Waals surface area contributed by atoms with Gasteiger partial charge in [-0.05, 0) is 44.5 Å². The van der Waals surface area contributed by atoms with Gasteiger partial charge >= 0.3 is 0 Å². The van der Waals surface area contributed by atoms with Crippen LogP contribution in [0.25, 0.3) is 0 Å². The average molecular weight is 263 g/mol. The lowest BCUT2D eigenvalue weighted by molar-refractivity contribution is 0.0782. The molecule has 1 saturated heterocycles. The van der Waals surface area contributed by atoms with Crippen molar-refractivity contribution in [3.8, 4) is 5.75 Å². The maximum Gasteiger partial charge on any atom is 0.119 e. The van der Waals surface area contributed by atoms with E-state index in [0.29, 0.717) is 24.7 Å². The van der Waals surface area contributed by atoms with Gasteiger partial charge < -0.3 is 14.8 Å². The zero-order chi connectivity index (χ0) is 13.7. The first-order valence-corrected chi connectivity index (χ1v) is 7.31. The summed E-state index contributed by atoms with van der Waals surface area (Å²) in [5.41, 5.74) is 1.29. The van der Waals surface area contributed by atoms with E-state index < -0.39 is 0 Å². The normalized spacial score (nSPS) is 24.4. The lowest BCUT2D eigenvalue weighted by atomic mass is 9.87. The fourth-order valence-electron chi connectivity index (χ4n) is 3.06. The van der Waals surface area contributed by atoms with E-state index in [9.17, 15) is 0 Å². The molecule has 1 aromatic carbocycles. The van der Waals surface area contributed by atoms with Crippen molar-refractivity contribution in [2.45, 2.75) is 38.8 Å². The molecule has 1 fully saturated rings. The Balaban J connectivity index is 2.18. The van der Waals surface area contributed by atoms with Crippen LogP contribution in [0.2, 0.25) is 0 Å². The molecule has 0 spiro atoms. The summed E-state index contributed by atoms with van der Waals surface area (Å²) in [6.45, 7) is 5.80. The van der Waals surface area contributed by atoms with Crippen molar-refractivity contribution < 1.29 is 9.47 Å². The number of hydrogen-bond donors (Lipinski definition) is 1. The molecule has 106 valence electrons. The molecule has 0 aromatic heterocycles. The molecule has 2 rings (SSSR count). The van der Waals surface area contributed by atoms with Crippen LogP contribution in [0.1, 0.15) is 38.3 Å². The summed E-state index contributed by atoms with van der Waals surface area (Å²) in [6, 6.07) is 8.75. The quantitative estimate of drug-likeness (QED) is 0.855. The van der Waals surface area contributed by atoms with E-state index in [4.69, 9.17) is 9.47 Å². The molecule has 0 amide bonds. The Morgan fingerprint density at radius 1 is 1.42 bits per heavy atom. The maximum atomic E-state index is 5.83. The summed E-state index contributed by atoms with van der Waals surface area (Å²) in [6.07, 6.45) is 2.57. The van der Waals surface area contributed by atoms with Crippen molar-refractivity contribution in [1.29, 1.82) is 0 Å². The van der Waals surface area contributed by atoms with Crippen molar-refractivity contribution >= 4 is 0 Å². The summed E-state index contributed by atoms with van der Waals surface area (Å²) in [5.74, 6) is 1.50. The van der Waals surface area contributed by atoms with Gasteiger partial charge in [-0.25, -0.2) is 0 Å². The van der Waals surface area contributed by atoms with Gasteiger partial charge in [-0.1, -0.05) is 19.1 Å². The Hall–Kier alpha value is -1.06. The number of benzene rings is 1. The van der Waals surface area contributed by atoms with Crippen LogP contribution in [0, 0.1) is 5.92 Å². The topological polar surface area (TPSA) is 30.5 Å². The summed E-state index contributed by atoms with van der Waals surface area (Å²) < 4.78 is 11.4. The largest absolute Gasteiger partial charge is 0.494 e. The SMILES string of the molecule is CCOc1cccc(C(NC)C2CCOC2CC)c1. The van der Waals surface area contributed by atoms with E-state index in [1.165, 1.54) is 5.56 Å². The highest BCUT2D eigenvalue weighted by molar-refractivity contribution is 5.31. The molecule has 1 heterocycles. The van der Waals surface area contributed by atoms with Gasteiger partial charge in [0.25, 0.3) is 0 Å². The highest BCUT2D eigenvalue weighted by Crippen LogP contribution is 2.35. The molecule has 1 aliphatic heterocycles. The van der Waals surface area contributed by atoms with Gasteiger partial charge in [0.1, 0.15) is 5.75 Å². The third kappa shape index (κ3) is 3.28. The van der Waals surface area contributed by atoms with Crippen molar-refractivity contribution in [1.82, 2.24) is 5.32 Å². The molecule has 0 saturated carbocycles. The average Bonchev–Trinajstić information content (AvgIpc) is 2.89. The van der Waals surface area contributed by atoms with Crippen LogP contribution in [-0.4, -0.2) is 26.4 Å². The van der Waals surface area contributed by atoms with Gasteiger partial charge in [-0.15, -0.1) is 0 Å². The predicted octanol–water partition coefficient (Wildman–Crippen LogP) is 3.16. The standard InChI is InChI=1S/C16H25NO2/c1-4-15-14(9-10-19-15)16(17-3)12-7-6-8-13(11-12)18-5-2/h6-8,11,14-17H,4-5,9-10H2,1-3H3. The molecule has 3 heteroatoms. The lowest BCUT2D eigenvalue weighted by Crippen LogP contribution is -2.30. The van der Waals surface area contributed by atoms with Gasteiger partial charge in [-0.3, -0.25) is 0 Å². The van der Waals surface area contributed by atoms with Crippen LogP contribution in [0.3, 0.4) is 0 Å². The Morgan fingerprint density at radius 2 is 2.26 bits per heavy atom. The molecule has 1 aromatic rings. The predicted molar refractivity (Wildman–Crippen MR) is 77.5 cm³/mol. The van der Waals surface area contributed by atoms with E-state index in [-0.39, 0.29) is 0 Å². The van der Waals surface area contributed by atoms with E-state index in [1.54, 1.807) is 0 Å². The molecule has 3 unspecified atom stereocenters. The number of hydrogen-bond acceptors (Lipinski definition) is 3. The molecule has 19 heavy (non-hydrogen) atoms. The van der Waals surface area contributed by atoms with Crippen LogP contribution in [-0.2, 0) is 4.74 Å². The van der Waals surface area contributed by atoms with Crippen molar-refractivity contribution in [2.75, 3.05) is 20.3 Å². The minimum Gasteiger partial charge on any atom is -0.494 e. The minimum absolute atomic E-state index is 0.341. The maximum absolute atomic E-state index is 5.83. The number of nitrogens with one attached hydrogen (secondary N) is 1. The van der Waals surface area contributed by atoms with E-state index in [1.807, 2.05) is 20.0 Å². The number of ether oxygens (including phenoxy) is 2. The van der Waals surface area contributed by atoms with Crippen LogP contribution in [0.4, 0.5) is 0 Å². The molecule has 3 nitrogen and oxygen atoms in total. The van der Waals surface area contributed by atoms with Crippen LogP contribution in [0.5, 0.6) is 5.75 Å². The fraction of sp³-hybridized carbons (Fsp3) is 0.625. The molecule has 3 atom stereocenters. The molecule has 0 bridgehead atoms. The molecule has 0 aliphatic carbocycles. The summed E-state index contributed by atoms with van der Waals surface area (Å²) in [4.78, 5) is 0. The molecule has 1 N–H and O–H groups in total. The molecule has 1 aliphatic rings.